The van der Waals surface area contributed by atoms with Gasteiger partial charge in [-0.3, -0.25) is 9.59 Å². The van der Waals surface area contributed by atoms with Gasteiger partial charge in [0.1, 0.15) is 18.7 Å². The number of likely N-dealkylation sites (tertiary alicyclic amines) is 1. The first-order valence-corrected chi connectivity index (χ1v) is 15.2. The Balaban J connectivity index is 1.54. The molecule has 1 fully saturated rings. The number of aryl methyl sites for hydroxylation is 1. The maximum absolute atomic E-state index is 13.5. The van der Waals surface area contributed by atoms with Crippen molar-refractivity contribution in [3.8, 4) is 0 Å². The second-order valence-electron chi connectivity index (χ2n) is 10.3. The molecule has 2 aromatic rings. The average Bonchev–Trinajstić information content (AvgIpc) is 3.37. The third kappa shape index (κ3) is 9.38. The average molecular weight is 558 g/mol. The molecular weight excluding hydrogens is 518 g/mol. The predicted molar refractivity (Wildman–Crippen MR) is 150 cm³/mol. The Bertz CT molecular complexity index is 1200. The first kappa shape index (κ1) is 30.1. The van der Waals surface area contributed by atoms with E-state index in [1.807, 2.05) is 74.5 Å². The number of sulfone groups is 1. The zero-order valence-corrected chi connectivity index (χ0v) is 23.7. The molecule has 0 unspecified atom stereocenters. The van der Waals surface area contributed by atoms with Crippen molar-refractivity contribution in [2.45, 2.75) is 64.8 Å². The molecule has 1 saturated heterocycles. The van der Waals surface area contributed by atoms with Crippen LogP contribution < -0.4 is 10.6 Å². The minimum Gasteiger partial charge on any atom is -0.445 e. The van der Waals surface area contributed by atoms with Crippen LogP contribution in [-0.4, -0.2) is 67.4 Å². The number of hydrogen-bond acceptors (Lipinski definition) is 6. The fraction of sp³-hybridized carbons (Fsp3) is 0.483. The molecule has 3 atom stereocenters. The highest BCUT2D eigenvalue weighted by Gasteiger charge is 2.37. The van der Waals surface area contributed by atoms with Crippen LogP contribution in [0.1, 0.15) is 44.7 Å². The Morgan fingerprint density at radius 3 is 2.18 bits per heavy atom. The third-order valence-electron chi connectivity index (χ3n) is 6.82. The van der Waals surface area contributed by atoms with Gasteiger partial charge in [-0.05, 0) is 43.2 Å². The fourth-order valence-electron chi connectivity index (χ4n) is 4.57. The maximum Gasteiger partial charge on any atom is 0.408 e. The van der Waals surface area contributed by atoms with Gasteiger partial charge in [-0.1, -0.05) is 74.5 Å². The summed E-state index contributed by atoms with van der Waals surface area (Å²) < 4.78 is 30.9. The van der Waals surface area contributed by atoms with Crippen molar-refractivity contribution in [1.82, 2.24) is 15.5 Å². The molecule has 9 nitrogen and oxygen atoms in total. The molecule has 0 saturated carbocycles. The molecule has 1 aliphatic heterocycles. The second kappa shape index (κ2) is 14.1. The lowest BCUT2D eigenvalue weighted by molar-refractivity contribution is -0.138. The van der Waals surface area contributed by atoms with E-state index in [1.165, 1.54) is 6.92 Å². The minimum atomic E-state index is -3.39. The molecule has 0 radical (unpaired) electrons. The van der Waals surface area contributed by atoms with Gasteiger partial charge in [-0.15, -0.1) is 0 Å². The highest BCUT2D eigenvalue weighted by molar-refractivity contribution is 7.91. The lowest BCUT2D eigenvalue weighted by Crippen LogP contribution is -2.56. The highest BCUT2D eigenvalue weighted by atomic mass is 32.2. The number of benzene rings is 2. The van der Waals surface area contributed by atoms with E-state index in [2.05, 4.69) is 10.6 Å². The first-order chi connectivity index (χ1) is 18.6. The summed E-state index contributed by atoms with van der Waals surface area (Å²) in [5.74, 6) is -1.16. The van der Waals surface area contributed by atoms with E-state index in [9.17, 15) is 22.8 Å². The number of nitrogens with zero attached hydrogens (tertiary/aromatic N) is 1. The Labute approximate surface area is 231 Å². The third-order valence-corrected chi connectivity index (χ3v) is 8.54. The van der Waals surface area contributed by atoms with Crippen LogP contribution in [0.2, 0.25) is 0 Å². The maximum atomic E-state index is 13.5. The van der Waals surface area contributed by atoms with Gasteiger partial charge in [0.15, 0.2) is 9.84 Å². The van der Waals surface area contributed by atoms with Gasteiger partial charge in [0.25, 0.3) is 0 Å². The van der Waals surface area contributed by atoms with Gasteiger partial charge in [-0.2, -0.15) is 0 Å². The van der Waals surface area contributed by atoms with E-state index >= 15 is 0 Å². The van der Waals surface area contributed by atoms with E-state index in [-0.39, 0.29) is 29.9 Å². The topological polar surface area (TPSA) is 122 Å². The Hall–Kier alpha value is -3.40. The van der Waals surface area contributed by atoms with Gasteiger partial charge in [0.2, 0.25) is 11.8 Å². The molecular formula is C29H39N3O6S. The molecule has 2 aromatic carbocycles. The Morgan fingerprint density at radius 2 is 1.56 bits per heavy atom. The summed E-state index contributed by atoms with van der Waals surface area (Å²) in [7, 11) is -3.39. The molecule has 0 spiro atoms. The van der Waals surface area contributed by atoms with Crippen LogP contribution in [0.3, 0.4) is 0 Å². The van der Waals surface area contributed by atoms with Gasteiger partial charge in [-0.25, -0.2) is 13.2 Å². The summed E-state index contributed by atoms with van der Waals surface area (Å²) in [5, 5.41) is 5.24. The van der Waals surface area contributed by atoms with Crippen molar-refractivity contribution in [2.24, 2.45) is 5.92 Å². The molecule has 2 N–H and O–H groups in total. The van der Waals surface area contributed by atoms with Gasteiger partial charge in [0, 0.05) is 12.6 Å². The normalized spacial score (nSPS) is 16.9. The van der Waals surface area contributed by atoms with E-state index in [0.717, 1.165) is 11.1 Å². The lowest BCUT2D eigenvalue weighted by atomic mass is 10.0. The quantitative estimate of drug-likeness (QED) is 0.414. The standard InChI is InChI=1S/C29H39N3O6S/c1-21(2)26(31-27(33)22(3)30-29(35)38-19-24-13-8-5-9-14-24)28(34)32-17-10-15-25(32)20-39(36,37)18-16-23-11-6-4-7-12-23/h4-9,11-14,21-22,25-26H,10,15-20H2,1-3H3,(H,30,35)(H,31,33)/t22-,25-,26-/m0/s1. The molecule has 0 bridgehead atoms. The molecule has 212 valence electrons. The molecule has 1 aliphatic rings. The van der Waals surface area contributed by atoms with Crippen LogP contribution in [0, 0.1) is 5.92 Å². The highest BCUT2D eigenvalue weighted by Crippen LogP contribution is 2.22. The van der Waals surface area contributed by atoms with Crippen LogP contribution in [0.15, 0.2) is 60.7 Å². The van der Waals surface area contributed by atoms with E-state index < -0.39 is 40.0 Å². The summed E-state index contributed by atoms with van der Waals surface area (Å²) >= 11 is 0. The van der Waals surface area contributed by atoms with Crippen molar-refractivity contribution in [2.75, 3.05) is 18.1 Å². The minimum absolute atomic E-state index is 0.0173. The zero-order chi connectivity index (χ0) is 28.4. The summed E-state index contributed by atoms with van der Waals surface area (Å²) in [6.45, 7) is 5.65. The van der Waals surface area contributed by atoms with Crippen molar-refractivity contribution in [3.63, 3.8) is 0 Å². The summed E-state index contributed by atoms with van der Waals surface area (Å²) in [6, 6.07) is 16.4. The summed E-state index contributed by atoms with van der Waals surface area (Å²) in [4.78, 5) is 40.1. The Kier molecular flexibility index (Phi) is 10.9. The number of rotatable bonds is 12. The SMILES string of the molecule is CC(C)[C@H](NC(=O)[C@H](C)NC(=O)OCc1ccccc1)C(=O)N1CCC[C@H]1CS(=O)(=O)CCc1ccccc1. The molecule has 3 amide bonds. The zero-order valence-electron chi connectivity index (χ0n) is 22.8. The number of ether oxygens (including phenoxy) is 1. The smallest absolute Gasteiger partial charge is 0.408 e. The molecule has 0 aromatic heterocycles. The molecule has 3 rings (SSSR count). The molecule has 39 heavy (non-hydrogen) atoms. The number of hydrogen-bond donors (Lipinski definition) is 2. The van der Waals surface area contributed by atoms with Crippen LogP contribution in [0.25, 0.3) is 0 Å². The van der Waals surface area contributed by atoms with Gasteiger partial charge >= 0.3 is 6.09 Å². The molecule has 0 aliphatic carbocycles. The van der Waals surface area contributed by atoms with Crippen LogP contribution in [-0.2, 0) is 37.2 Å². The van der Waals surface area contributed by atoms with Crippen LogP contribution in [0.4, 0.5) is 4.79 Å². The van der Waals surface area contributed by atoms with E-state index in [1.54, 1.807) is 4.90 Å². The first-order valence-electron chi connectivity index (χ1n) is 13.4. The van der Waals surface area contributed by atoms with Crippen LogP contribution >= 0.6 is 0 Å². The summed E-state index contributed by atoms with van der Waals surface area (Å²) in [5.41, 5.74) is 1.77. The fourth-order valence-corrected chi connectivity index (χ4v) is 6.22. The van der Waals surface area contributed by atoms with Crippen molar-refractivity contribution in [3.05, 3.63) is 71.8 Å². The Morgan fingerprint density at radius 1 is 0.949 bits per heavy atom. The van der Waals surface area contributed by atoms with Crippen molar-refractivity contribution >= 4 is 27.7 Å². The largest absolute Gasteiger partial charge is 0.445 e. The molecule has 1 heterocycles. The number of nitrogens with one attached hydrogen (secondary N) is 2. The van der Waals surface area contributed by atoms with Gasteiger partial charge < -0.3 is 20.3 Å². The van der Waals surface area contributed by atoms with Gasteiger partial charge in [0.05, 0.1) is 11.5 Å². The molecule has 10 heteroatoms. The summed E-state index contributed by atoms with van der Waals surface area (Å²) in [6.07, 6.45) is 0.983. The predicted octanol–water partition coefficient (Wildman–Crippen LogP) is 3.09. The van der Waals surface area contributed by atoms with Crippen LogP contribution in [0.5, 0.6) is 0 Å². The number of alkyl carbamates (subject to hydrolysis) is 1. The second-order valence-corrected chi connectivity index (χ2v) is 12.6. The van der Waals surface area contributed by atoms with E-state index in [4.69, 9.17) is 4.74 Å². The monoisotopic (exact) mass is 557 g/mol. The van der Waals surface area contributed by atoms with Crippen molar-refractivity contribution in [1.29, 1.82) is 0 Å². The van der Waals surface area contributed by atoms with E-state index in [0.29, 0.717) is 25.8 Å². The lowest BCUT2D eigenvalue weighted by Gasteiger charge is -2.31. The number of carbonyl (C=O) groups excluding carboxylic acids is 3. The number of carbonyl (C=O) groups is 3. The van der Waals surface area contributed by atoms with Crippen molar-refractivity contribution < 1.29 is 27.5 Å². The number of amides is 3.